The fraction of sp³-hybridized carbons (Fsp3) is 0.667. The number of anilines is 1. The van der Waals surface area contributed by atoms with Gasteiger partial charge in [0.05, 0.1) is 5.60 Å². The molecule has 0 bridgehead atoms. The Labute approximate surface area is 116 Å². The standard InChI is InChI=1S/C15H25N3O/c1-11-8-12(2)17-14(13(11)9-16)18-7-5-6-15(3,10-18)19-4/h8H,5-7,9-10,16H2,1-4H3. The lowest BCUT2D eigenvalue weighted by atomic mass is 9.94. The van der Waals surface area contributed by atoms with E-state index in [1.54, 1.807) is 7.11 Å². The molecule has 1 fully saturated rings. The molecule has 1 aromatic rings. The van der Waals surface area contributed by atoms with Crippen molar-refractivity contribution in [1.29, 1.82) is 0 Å². The van der Waals surface area contributed by atoms with Crippen LogP contribution in [0.1, 0.15) is 36.6 Å². The van der Waals surface area contributed by atoms with Gasteiger partial charge in [-0.05, 0) is 45.2 Å². The lowest BCUT2D eigenvalue weighted by molar-refractivity contribution is -0.00485. The second-order valence-corrected chi connectivity index (χ2v) is 5.77. The van der Waals surface area contributed by atoms with Gasteiger partial charge in [-0.2, -0.15) is 0 Å². The molecule has 1 aromatic heterocycles. The summed E-state index contributed by atoms with van der Waals surface area (Å²) in [4.78, 5) is 7.05. The van der Waals surface area contributed by atoms with Crippen molar-refractivity contribution >= 4 is 5.82 Å². The van der Waals surface area contributed by atoms with Gasteiger partial charge in [-0.15, -0.1) is 0 Å². The molecule has 1 aliphatic rings. The molecule has 0 saturated carbocycles. The first-order chi connectivity index (χ1) is 8.99. The van der Waals surface area contributed by atoms with Gasteiger partial charge in [-0.25, -0.2) is 4.98 Å². The van der Waals surface area contributed by atoms with Gasteiger partial charge in [0.25, 0.3) is 0 Å². The highest BCUT2D eigenvalue weighted by Crippen LogP contribution is 2.30. The number of nitrogens with two attached hydrogens (primary N) is 1. The number of piperidine rings is 1. The number of hydrogen-bond donors (Lipinski definition) is 1. The third kappa shape index (κ3) is 2.90. The first-order valence-electron chi connectivity index (χ1n) is 6.96. The molecule has 0 aromatic carbocycles. The van der Waals surface area contributed by atoms with Crippen LogP contribution in [0.4, 0.5) is 5.82 Å². The van der Waals surface area contributed by atoms with Crippen molar-refractivity contribution in [1.82, 2.24) is 4.98 Å². The fourth-order valence-electron chi connectivity index (χ4n) is 2.91. The Bertz CT molecular complexity index is 461. The number of aryl methyl sites for hydroxylation is 2. The molecule has 19 heavy (non-hydrogen) atoms. The molecular formula is C15H25N3O. The summed E-state index contributed by atoms with van der Waals surface area (Å²) in [6.45, 7) is 8.77. The number of methoxy groups -OCH3 is 1. The van der Waals surface area contributed by atoms with E-state index >= 15 is 0 Å². The minimum absolute atomic E-state index is 0.0799. The van der Waals surface area contributed by atoms with Crippen LogP contribution in [0.25, 0.3) is 0 Å². The minimum Gasteiger partial charge on any atom is -0.377 e. The average molecular weight is 263 g/mol. The molecule has 1 unspecified atom stereocenters. The number of nitrogens with zero attached hydrogens (tertiary/aromatic N) is 2. The van der Waals surface area contributed by atoms with Crippen LogP contribution < -0.4 is 10.6 Å². The molecule has 2 N–H and O–H groups in total. The molecule has 0 aliphatic carbocycles. The number of ether oxygens (including phenoxy) is 1. The van der Waals surface area contributed by atoms with E-state index in [2.05, 4.69) is 24.8 Å². The van der Waals surface area contributed by atoms with E-state index in [0.717, 1.165) is 43.0 Å². The largest absolute Gasteiger partial charge is 0.377 e. The van der Waals surface area contributed by atoms with E-state index < -0.39 is 0 Å². The van der Waals surface area contributed by atoms with E-state index in [0.29, 0.717) is 6.54 Å². The highest BCUT2D eigenvalue weighted by atomic mass is 16.5. The van der Waals surface area contributed by atoms with Crippen molar-refractivity contribution in [3.05, 3.63) is 22.9 Å². The molecule has 4 nitrogen and oxygen atoms in total. The second kappa shape index (κ2) is 5.47. The average Bonchev–Trinajstić information content (AvgIpc) is 2.38. The molecule has 0 spiro atoms. The monoisotopic (exact) mass is 263 g/mol. The Kier molecular flexibility index (Phi) is 4.11. The smallest absolute Gasteiger partial charge is 0.133 e. The third-order valence-corrected chi connectivity index (χ3v) is 4.11. The zero-order chi connectivity index (χ0) is 14.0. The summed E-state index contributed by atoms with van der Waals surface area (Å²) >= 11 is 0. The number of pyridine rings is 1. The molecule has 1 aliphatic heterocycles. The molecule has 0 amide bonds. The van der Waals surface area contributed by atoms with E-state index in [1.165, 1.54) is 5.56 Å². The topological polar surface area (TPSA) is 51.4 Å². The summed E-state index contributed by atoms with van der Waals surface area (Å²) in [7, 11) is 1.79. The zero-order valence-corrected chi connectivity index (χ0v) is 12.5. The Hall–Kier alpha value is -1.13. The normalized spacial score (nSPS) is 23.7. The molecule has 4 heteroatoms. The predicted octanol–water partition coefficient (Wildman–Crippen LogP) is 2.16. The van der Waals surface area contributed by atoms with Gasteiger partial charge >= 0.3 is 0 Å². The van der Waals surface area contributed by atoms with Crippen LogP contribution in [-0.2, 0) is 11.3 Å². The number of hydrogen-bond acceptors (Lipinski definition) is 4. The third-order valence-electron chi connectivity index (χ3n) is 4.11. The van der Waals surface area contributed by atoms with Gasteiger partial charge < -0.3 is 15.4 Å². The molecule has 1 atom stereocenters. The lowest BCUT2D eigenvalue weighted by Crippen LogP contribution is -2.48. The van der Waals surface area contributed by atoms with Gasteiger partial charge in [-0.1, -0.05) is 0 Å². The van der Waals surface area contributed by atoms with Crippen LogP contribution >= 0.6 is 0 Å². The molecule has 2 heterocycles. The van der Waals surface area contributed by atoms with Gasteiger partial charge in [0.15, 0.2) is 0 Å². The first kappa shape index (κ1) is 14.3. The van der Waals surface area contributed by atoms with E-state index in [-0.39, 0.29) is 5.60 Å². The fourth-order valence-corrected chi connectivity index (χ4v) is 2.91. The van der Waals surface area contributed by atoms with Gasteiger partial charge in [0, 0.05) is 38.0 Å². The van der Waals surface area contributed by atoms with Crippen LogP contribution in [0.2, 0.25) is 0 Å². The summed E-state index contributed by atoms with van der Waals surface area (Å²) in [5.74, 6) is 1.04. The van der Waals surface area contributed by atoms with Crippen LogP contribution in [0, 0.1) is 13.8 Å². The molecular weight excluding hydrogens is 238 g/mol. The molecule has 1 saturated heterocycles. The maximum atomic E-state index is 5.91. The van der Waals surface area contributed by atoms with E-state index in [1.807, 2.05) is 6.92 Å². The van der Waals surface area contributed by atoms with Crippen LogP contribution in [0.5, 0.6) is 0 Å². The summed E-state index contributed by atoms with van der Waals surface area (Å²) < 4.78 is 5.66. The number of aromatic nitrogens is 1. The van der Waals surface area contributed by atoms with Crippen molar-refractivity contribution in [2.45, 2.75) is 45.8 Å². The molecule has 2 rings (SSSR count). The first-order valence-corrected chi connectivity index (χ1v) is 6.96. The SMILES string of the molecule is COC1(C)CCCN(c2nc(C)cc(C)c2CN)C1. The zero-order valence-electron chi connectivity index (χ0n) is 12.5. The summed E-state index contributed by atoms with van der Waals surface area (Å²) in [5.41, 5.74) is 9.27. The second-order valence-electron chi connectivity index (χ2n) is 5.77. The summed E-state index contributed by atoms with van der Waals surface area (Å²) in [5, 5.41) is 0. The highest BCUT2D eigenvalue weighted by molar-refractivity contribution is 5.52. The van der Waals surface area contributed by atoms with Crippen LogP contribution in [0.15, 0.2) is 6.07 Å². The quantitative estimate of drug-likeness (QED) is 0.908. The Balaban J connectivity index is 2.35. The maximum absolute atomic E-state index is 5.91. The Morgan fingerprint density at radius 1 is 1.47 bits per heavy atom. The van der Waals surface area contributed by atoms with Crippen molar-refractivity contribution in [2.24, 2.45) is 5.73 Å². The van der Waals surface area contributed by atoms with Crippen LogP contribution in [-0.4, -0.2) is 30.8 Å². The van der Waals surface area contributed by atoms with Crippen molar-refractivity contribution in [2.75, 3.05) is 25.1 Å². The number of rotatable bonds is 3. The van der Waals surface area contributed by atoms with Crippen molar-refractivity contribution < 1.29 is 4.74 Å². The van der Waals surface area contributed by atoms with E-state index in [4.69, 9.17) is 15.5 Å². The van der Waals surface area contributed by atoms with Crippen LogP contribution in [0.3, 0.4) is 0 Å². The van der Waals surface area contributed by atoms with Crippen molar-refractivity contribution in [3.8, 4) is 0 Å². The van der Waals surface area contributed by atoms with Gasteiger partial charge in [0.1, 0.15) is 5.82 Å². The van der Waals surface area contributed by atoms with Gasteiger partial charge in [-0.3, -0.25) is 0 Å². The maximum Gasteiger partial charge on any atom is 0.133 e. The minimum atomic E-state index is -0.0799. The van der Waals surface area contributed by atoms with Gasteiger partial charge in [0.2, 0.25) is 0 Å². The lowest BCUT2D eigenvalue weighted by Gasteiger charge is -2.41. The predicted molar refractivity (Wildman–Crippen MR) is 78.5 cm³/mol. The van der Waals surface area contributed by atoms with E-state index in [9.17, 15) is 0 Å². The van der Waals surface area contributed by atoms with Crippen molar-refractivity contribution in [3.63, 3.8) is 0 Å². The Morgan fingerprint density at radius 3 is 2.84 bits per heavy atom. The summed E-state index contributed by atoms with van der Waals surface area (Å²) in [6.07, 6.45) is 2.23. The Morgan fingerprint density at radius 2 is 2.21 bits per heavy atom. The molecule has 0 radical (unpaired) electrons. The summed E-state index contributed by atoms with van der Waals surface area (Å²) in [6, 6.07) is 2.10. The highest BCUT2D eigenvalue weighted by Gasteiger charge is 2.32. The molecule has 106 valence electrons.